The van der Waals surface area contributed by atoms with Crippen LogP contribution in [0.5, 0.6) is 0 Å². The molecule has 1 aromatic heterocycles. The molecule has 0 saturated carbocycles. The summed E-state index contributed by atoms with van der Waals surface area (Å²) in [5, 5.41) is 0. The number of benzene rings is 1. The molecule has 0 bridgehead atoms. The minimum Gasteiger partial charge on any atom is -0.295 e. The average molecular weight is 267 g/mol. The van der Waals surface area contributed by atoms with Crippen molar-refractivity contribution in [1.29, 1.82) is 0 Å². The van der Waals surface area contributed by atoms with E-state index in [0.29, 0.717) is 19.4 Å². The summed E-state index contributed by atoms with van der Waals surface area (Å²) >= 11 is 0. The van der Waals surface area contributed by atoms with Gasteiger partial charge in [0, 0.05) is 31.7 Å². The summed E-state index contributed by atoms with van der Waals surface area (Å²) in [7, 11) is 0. The van der Waals surface area contributed by atoms with Gasteiger partial charge in [0.05, 0.1) is 5.69 Å². The van der Waals surface area contributed by atoms with Crippen LogP contribution in [0, 0.1) is 0 Å². The maximum Gasteiger partial charge on any atom is 0.216 e. The second kappa shape index (κ2) is 5.30. The Morgan fingerprint density at radius 1 is 1.35 bits per heavy atom. The third-order valence-electron chi connectivity index (χ3n) is 3.46. The molecule has 0 spiro atoms. The molecule has 0 saturated heterocycles. The summed E-state index contributed by atoms with van der Waals surface area (Å²) in [5.41, 5.74) is 2.77. The number of hydrogen-bond acceptors (Lipinski definition) is 5. The van der Waals surface area contributed by atoms with Gasteiger partial charge in [-0.2, -0.15) is 0 Å². The van der Waals surface area contributed by atoms with Crippen LogP contribution in [0.15, 0.2) is 42.9 Å². The number of fused-ring (bicyclic) bond motifs is 1. The maximum atomic E-state index is 11.9. The van der Waals surface area contributed by atoms with Crippen LogP contribution < -0.4 is 0 Å². The second-order valence-corrected chi connectivity index (χ2v) is 4.72. The number of aromatic nitrogens is 2. The Morgan fingerprint density at radius 3 is 2.95 bits per heavy atom. The number of ketones is 1. The highest BCUT2D eigenvalue weighted by atomic mass is 16.2. The summed E-state index contributed by atoms with van der Waals surface area (Å²) < 4.78 is 0. The van der Waals surface area contributed by atoms with Gasteiger partial charge in [-0.25, -0.2) is 0 Å². The number of Topliss-reactive ketones (excluding diaryl/α,β-unsaturated/α-hetero) is 1. The highest BCUT2D eigenvalue weighted by molar-refractivity contribution is 6.27. The Labute approximate surface area is 116 Å². The molecule has 100 valence electrons. The third kappa shape index (κ3) is 2.23. The lowest BCUT2D eigenvalue weighted by molar-refractivity contribution is -0.133. The lowest BCUT2D eigenvalue weighted by Gasteiger charge is -2.21. The van der Waals surface area contributed by atoms with Crippen LogP contribution >= 0.6 is 0 Å². The zero-order valence-electron chi connectivity index (χ0n) is 10.8. The van der Waals surface area contributed by atoms with Crippen LogP contribution in [0.2, 0.25) is 0 Å². The van der Waals surface area contributed by atoms with Crippen molar-refractivity contribution in [3.8, 4) is 0 Å². The topological polar surface area (TPSA) is 63.2 Å². The molecule has 0 fully saturated rings. The van der Waals surface area contributed by atoms with Crippen LogP contribution in [-0.2, 0) is 22.7 Å². The largest absolute Gasteiger partial charge is 0.295 e. The quantitative estimate of drug-likeness (QED) is 0.617. The smallest absolute Gasteiger partial charge is 0.216 e. The normalized spacial score (nSPS) is 17.7. The molecule has 1 aromatic carbocycles. The van der Waals surface area contributed by atoms with E-state index in [-0.39, 0.29) is 0 Å². The van der Waals surface area contributed by atoms with E-state index in [1.54, 1.807) is 18.6 Å². The number of nitrogens with zero attached hydrogens (tertiary/aromatic N) is 3. The molecule has 0 radical (unpaired) electrons. The van der Waals surface area contributed by atoms with E-state index in [2.05, 4.69) is 9.97 Å². The van der Waals surface area contributed by atoms with Crippen LogP contribution in [0.25, 0.3) is 0 Å². The van der Waals surface area contributed by atoms with Crippen molar-refractivity contribution in [2.24, 2.45) is 0 Å². The van der Waals surface area contributed by atoms with Crippen LogP contribution in [0.3, 0.4) is 0 Å². The molecule has 0 N–H and O–H groups in total. The summed E-state index contributed by atoms with van der Waals surface area (Å²) in [6.07, 6.45) is 5.30. The van der Waals surface area contributed by atoms with Crippen molar-refractivity contribution in [3.63, 3.8) is 0 Å². The van der Waals surface area contributed by atoms with E-state index < -0.39 is 11.8 Å². The fourth-order valence-electron chi connectivity index (χ4n) is 2.62. The van der Waals surface area contributed by atoms with Crippen molar-refractivity contribution >= 4 is 12.1 Å². The number of aldehydes is 1. The standard InChI is InChI=1S/C15H13N3O2/c19-10-14(20)15-13-4-2-1-3-11(13)8-18(15)9-12-7-16-5-6-17-12/h1-7,10,15H,8-9H2. The van der Waals surface area contributed by atoms with Gasteiger partial charge < -0.3 is 0 Å². The monoisotopic (exact) mass is 267 g/mol. The van der Waals surface area contributed by atoms with Crippen molar-refractivity contribution in [2.75, 3.05) is 0 Å². The Balaban J connectivity index is 1.92. The molecule has 1 unspecified atom stereocenters. The summed E-state index contributed by atoms with van der Waals surface area (Å²) in [6, 6.07) is 7.20. The molecule has 1 aliphatic rings. The molecule has 0 aliphatic carbocycles. The molecule has 0 amide bonds. The first kappa shape index (κ1) is 12.6. The van der Waals surface area contributed by atoms with Gasteiger partial charge >= 0.3 is 0 Å². The number of carbonyl (C=O) groups excluding carboxylic acids is 2. The molecule has 3 rings (SSSR count). The summed E-state index contributed by atoms with van der Waals surface area (Å²) in [6.45, 7) is 1.13. The van der Waals surface area contributed by atoms with Gasteiger partial charge in [0.1, 0.15) is 6.04 Å². The van der Waals surface area contributed by atoms with Gasteiger partial charge in [-0.05, 0) is 11.1 Å². The van der Waals surface area contributed by atoms with Crippen LogP contribution in [0.1, 0.15) is 22.9 Å². The van der Waals surface area contributed by atoms with Crippen molar-refractivity contribution < 1.29 is 9.59 Å². The lowest BCUT2D eigenvalue weighted by Crippen LogP contribution is -2.29. The number of hydrogen-bond donors (Lipinski definition) is 0. The van der Waals surface area contributed by atoms with E-state index in [4.69, 9.17) is 0 Å². The average Bonchev–Trinajstić information content (AvgIpc) is 2.85. The van der Waals surface area contributed by atoms with Crippen molar-refractivity contribution in [2.45, 2.75) is 19.1 Å². The van der Waals surface area contributed by atoms with Crippen molar-refractivity contribution in [3.05, 3.63) is 59.7 Å². The van der Waals surface area contributed by atoms with Crippen LogP contribution in [0.4, 0.5) is 0 Å². The van der Waals surface area contributed by atoms with E-state index in [0.717, 1.165) is 16.8 Å². The highest BCUT2D eigenvalue weighted by Gasteiger charge is 2.34. The molecule has 2 heterocycles. The second-order valence-electron chi connectivity index (χ2n) is 4.72. The predicted octanol–water partition coefficient (Wildman–Crippen LogP) is 1.30. The van der Waals surface area contributed by atoms with Gasteiger partial charge in [0.2, 0.25) is 5.78 Å². The fraction of sp³-hybridized carbons (Fsp3) is 0.200. The minimum atomic E-state index is -0.509. The maximum absolute atomic E-state index is 11.9. The van der Waals surface area contributed by atoms with Crippen molar-refractivity contribution in [1.82, 2.24) is 14.9 Å². The molecular weight excluding hydrogens is 254 g/mol. The Bertz CT molecular complexity index is 643. The fourth-order valence-corrected chi connectivity index (χ4v) is 2.62. The molecule has 5 heteroatoms. The Hall–Kier alpha value is -2.40. The van der Waals surface area contributed by atoms with E-state index >= 15 is 0 Å². The zero-order valence-corrected chi connectivity index (χ0v) is 10.8. The minimum absolute atomic E-state index is 0.399. The SMILES string of the molecule is O=CC(=O)C1c2ccccc2CN1Cc1cnccn1. The molecule has 20 heavy (non-hydrogen) atoms. The Morgan fingerprint density at radius 2 is 2.20 bits per heavy atom. The van der Waals surface area contributed by atoms with Gasteiger partial charge in [-0.1, -0.05) is 24.3 Å². The molecular formula is C15H13N3O2. The van der Waals surface area contributed by atoms with Gasteiger partial charge in [-0.3, -0.25) is 24.5 Å². The number of carbonyl (C=O) groups is 2. The van der Waals surface area contributed by atoms with Crippen LogP contribution in [-0.4, -0.2) is 26.9 Å². The van der Waals surface area contributed by atoms with E-state index in [1.165, 1.54) is 0 Å². The Kier molecular flexibility index (Phi) is 3.35. The predicted molar refractivity (Wildman–Crippen MR) is 71.5 cm³/mol. The summed E-state index contributed by atoms with van der Waals surface area (Å²) in [4.78, 5) is 33.0. The first-order chi connectivity index (χ1) is 9.79. The first-order valence-electron chi connectivity index (χ1n) is 6.35. The van der Waals surface area contributed by atoms with E-state index in [1.807, 2.05) is 29.2 Å². The molecule has 2 aromatic rings. The third-order valence-corrected chi connectivity index (χ3v) is 3.46. The molecule has 5 nitrogen and oxygen atoms in total. The van der Waals surface area contributed by atoms with E-state index in [9.17, 15) is 9.59 Å². The number of rotatable bonds is 4. The van der Waals surface area contributed by atoms with Gasteiger partial charge in [-0.15, -0.1) is 0 Å². The summed E-state index contributed by atoms with van der Waals surface area (Å²) in [5.74, 6) is -0.418. The van der Waals surface area contributed by atoms with Gasteiger partial charge in [0.25, 0.3) is 0 Å². The highest BCUT2D eigenvalue weighted by Crippen LogP contribution is 2.34. The molecule has 1 aliphatic heterocycles. The zero-order chi connectivity index (χ0) is 13.9. The van der Waals surface area contributed by atoms with Gasteiger partial charge in [0.15, 0.2) is 6.29 Å². The lowest BCUT2D eigenvalue weighted by atomic mass is 10.0. The molecule has 1 atom stereocenters. The first-order valence-corrected chi connectivity index (χ1v) is 6.35.